The third-order valence-corrected chi connectivity index (χ3v) is 10.6. The number of hydrogen-bond donors (Lipinski definition) is 3. The number of aliphatic hydroxyl groups excluding tert-OH is 1. The largest absolute Gasteiger partial charge is 0.393 e. The van der Waals surface area contributed by atoms with E-state index in [-0.39, 0.29) is 16.9 Å². The first kappa shape index (κ1) is 22.8. The Labute approximate surface area is 184 Å². The molecule has 8 atom stereocenters. The molecule has 0 amide bonds. The smallest absolute Gasteiger partial charge is 0.0986 e. The molecular formula is C27H46O3. The third kappa shape index (κ3) is 3.25. The van der Waals surface area contributed by atoms with E-state index in [9.17, 15) is 15.3 Å². The Morgan fingerprint density at radius 1 is 1.10 bits per heavy atom. The van der Waals surface area contributed by atoms with Gasteiger partial charge < -0.3 is 15.3 Å². The highest BCUT2D eigenvalue weighted by Gasteiger charge is 2.68. The highest BCUT2D eigenvalue weighted by molar-refractivity contribution is 5.27. The summed E-state index contributed by atoms with van der Waals surface area (Å²) in [7, 11) is 0. The predicted octanol–water partition coefficient (Wildman–Crippen LogP) is 5.62. The van der Waals surface area contributed by atoms with Gasteiger partial charge in [0.1, 0.15) is 0 Å². The number of fused-ring (bicyclic) bond motifs is 5. The Balaban J connectivity index is 1.58. The Morgan fingerprint density at radius 3 is 2.50 bits per heavy atom. The van der Waals surface area contributed by atoms with Gasteiger partial charge in [-0.1, -0.05) is 52.2 Å². The van der Waals surface area contributed by atoms with Gasteiger partial charge in [-0.2, -0.15) is 0 Å². The van der Waals surface area contributed by atoms with Crippen molar-refractivity contribution >= 4 is 0 Å². The van der Waals surface area contributed by atoms with Crippen LogP contribution < -0.4 is 0 Å². The standard InChI is InChI=1S/C27H46O3/c1-18(2)7-6-13-26(5,29)27(30)16-12-23-21-9-8-19-17-20(28)10-14-24(19,3)22(21)11-15-25(23,27)4/h8,18,20-23,28-30H,6-7,9-17H2,1-5H3/t20-,21+,22-,23-,24?,25-,26-,27+/m0/s1. The van der Waals surface area contributed by atoms with Crippen LogP contribution in [-0.4, -0.2) is 32.6 Å². The van der Waals surface area contributed by atoms with E-state index in [0.29, 0.717) is 30.1 Å². The molecule has 30 heavy (non-hydrogen) atoms. The lowest BCUT2D eigenvalue weighted by Gasteiger charge is -2.60. The molecule has 3 N–H and O–H groups in total. The van der Waals surface area contributed by atoms with Crippen molar-refractivity contribution < 1.29 is 15.3 Å². The van der Waals surface area contributed by atoms with Crippen molar-refractivity contribution in [2.45, 2.75) is 123 Å². The van der Waals surface area contributed by atoms with E-state index in [4.69, 9.17) is 0 Å². The summed E-state index contributed by atoms with van der Waals surface area (Å²) in [6.07, 6.45) is 13.0. The fraction of sp³-hybridized carbons (Fsp3) is 0.926. The average Bonchev–Trinajstić information content (AvgIpc) is 2.95. The number of allylic oxidation sites excluding steroid dienone is 1. The van der Waals surface area contributed by atoms with E-state index < -0.39 is 11.2 Å². The van der Waals surface area contributed by atoms with Gasteiger partial charge in [0.25, 0.3) is 0 Å². The van der Waals surface area contributed by atoms with Crippen LogP contribution in [0.5, 0.6) is 0 Å². The normalized spacial score (nSPS) is 47.8. The van der Waals surface area contributed by atoms with Crippen LogP contribution in [0.2, 0.25) is 0 Å². The average molecular weight is 419 g/mol. The van der Waals surface area contributed by atoms with Crippen molar-refractivity contribution in [3.05, 3.63) is 11.6 Å². The summed E-state index contributed by atoms with van der Waals surface area (Å²) in [5, 5.41) is 33.8. The van der Waals surface area contributed by atoms with Crippen LogP contribution in [0.3, 0.4) is 0 Å². The van der Waals surface area contributed by atoms with Crippen molar-refractivity contribution in [2.75, 3.05) is 0 Å². The Kier molecular flexibility index (Phi) is 5.77. The van der Waals surface area contributed by atoms with Gasteiger partial charge in [-0.25, -0.2) is 0 Å². The van der Waals surface area contributed by atoms with Gasteiger partial charge in [0.15, 0.2) is 0 Å². The highest BCUT2D eigenvalue weighted by Crippen LogP contribution is 2.68. The molecule has 3 heteroatoms. The molecule has 0 saturated heterocycles. The topological polar surface area (TPSA) is 60.7 Å². The summed E-state index contributed by atoms with van der Waals surface area (Å²) in [5.41, 5.74) is -0.484. The number of hydrogen-bond acceptors (Lipinski definition) is 3. The lowest BCUT2D eigenvalue weighted by Crippen LogP contribution is -2.63. The molecule has 3 saturated carbocycles. The SMILES string of the molecule is CC(C)CCC[C@](C)(O)[C@@]1(O)CC[C@H]2[C@@H]3CC=C4C[C@@H](O)CCC4(C)[C@H]3CC[C@@]21C. The first-order valence-electron chi connectivity index (χ1n) is 12.8. The van der Waals surface area contributed by atoms with Crippen LogP contribution in [0.4, 0.5) is 0 Å². The fourth-order valence-electron chi connectivity index (χ4n) is 8.60. The molecule has 0 aromatic rings. The van der Waals surface area contributed by atoms with Gasteiger partial charge in [0.05, 0.1) is 17.3 Å². The zero-order valence-corrected chi connectivity index (χ0v) is 20.1. The van der Waals surface area contributed by atoms with Crippen molar-refractivity contribution in [3.8, 4) is 0 Å². The predicted molar refractivity (Wildman–Crippen MR) is 122 cm³/mol. The summed E-state index contributed by atoms with van der Waals surface area (Å²) in [5.74, 6) is 2.39. The van der Waals surface area contributed by atoms with Gasteiger partial charge in [-0.3, -0.25) is 0 Å². The lowest BCUT2D eigenvalue weighted by atomic mass is 9.46. The van der Waals surface area contributed by atoms with Gasteiger partial charge in [0.2, 0.25) is 0 Å². The van der Waals surface area contributed by atoms with Crippen molar-refractivity contribution in [2.24, 2.45) is 34.5 Å². The Hall–Kier alpha value is -0.380. The Morgan fingerprint density at radius 2 is 1.80 bits per heavy atom. The molecule has 3 fully saturated rings. The minimum absolute atomic E-state index is 0.160. The molecule has 1 unspecified atom stereocenters. The van der Waals surface area contributed by atoms with Gasteiger partial charge in [-0.15, -0.1) is 0 Å². The minimum Gasteiger partial charge on any atom is -0.393 e. The minimum atomic E-state index is -1.02. The molecular weight excluding hydrogens is 372 g/mol. The maximum Gasteiger partial charge on any atom is 0.0986 e. The maximum atomic E-state index is 12.1. The van der Waals surface area contributed by atoms with E-state index in [2.05, 4.69) is 33.8 Å². The summed E-state index contributed by atoms with van der Waals surface area (Å²) in [4.78, 5) is 0. The lowest BCUT2D eigenvalue weighted by molar-refractivity contribution is -0.219. The summed E-state index contributed by atoms with van der Waals surface area (Å²) in [6, 6.07) is 0. The summed E-state index contributed by atoms with van der Waals surface area (Å²) in [6.45, 7) is 11.1. The van der Waals surface area contributed by atoms with E-state index in [1.807, 2.05) is 6.92 Å². The molecule has 0 spiro atoms. The van der Waals surface area contributed by atoms with Crippen molar-refractivity contribution in [3.63, 3.8) is 0 Å². The van der Waals surface area contributed by atoms with Crippen LogP contribution >= 0.6 is 0 Å². The number of rotatable bonds is 5. The van der Waals surface area contributed by atoms with Crippen LogP contribution in [0.1, 0.15) is 105 Å². The molecule has 4 aliphatic carbocycles. The van der Waals surface area contributed by atoms with Crippen LogP contribution in [0, 0.1) is 34.5 Å². The van der Waals surface area contributed by atoms with Gasteiger partial charge in [0, 0.05) is 5.41 Å². The summed E-state index contributed by atoms with van der Waals surface area (Å²) >= 11 is 0. The van der Waals surface area contributed by atoms with E-state index in [1.165, 1.54) is 5.57 Å². The fourth-order valence-corrected chi connectivity index (χ4v) is 8.60. The number of aliphatic hydroxyl groups is 3. The maximum absolute atomic E-state index is 12.1. The second-order valence-electron chi connectivity index (χ2n) is 12.6. The van der Waals surface area contributed by atoms with E-state index >= 15 is 0 Å². The van der Waals surface area contributed by atoms with E-state index in [0.717, 1.165) is 64.2 Å². The van der Waals surface area contributed by atoms with Crippen LogP contribution in [0.25, 0.3) is 0 Å². The molecule has 3 nitrogen and oxygen atoms in total. The molecule has 0 radical (unpaired) electrons. The van der Waals surface area contributed by atoms with Gasteiger partial charge in [-0.05, 0) is 93.8 Å². The summed E-state index contributed by atoms with van der Waals surface area (Å²) < 4.78 is 0. The second kappa shape index (κ2) is 7.59. The molecule has 0 aromatic heterocycles. The first-order chi connectivity index (χ1) is 13.9. The molecule has 0 bridgehead atoms. The zero-order valence-electron chi connectivity index (χ0n) is 20.1. The first-order valence-corrected chi connectivity index (χ1v) is 12.8. The monoisotopic (exact) mass is 418 g/mol. The third-order valence-electron chi connectivity index (χ3n) is 10.6. The molecule has 0 heterocycles. The van der Waals surface area contributed by atoms with Crippen LogP contribution in [-0.2, 0) is 0 Å². The van der Waals surface area contributed by atoms with Gasteiger partial charge >= 0.3 is 0 Å². The zero-order chi connectivity index (χ0) is 21.9. The van der Waals surface area contributed by atoms with Crippen molar-refractivity contribution in [1.29, 1.82) is 0 Å². The molecule has 0 aliphatic heterocycles. The molecule has 4 aliphatic rings. The highest BCUT2D eigenvalue weighted by atomic mass is 16.4. The molecule has 4 rings (SSSR count). The van der Waals surface area contributed by atoms with Crippen molar-refractivity contribution in [1.82, 2.24) is 0 Å². The molecule has 0 aromatic carbocycles. The second-order valence-corrected chi connectivity index (χ2v) is 12.6. The molecule has 172 valence electrons. The Bertz CT molecular complexity index is 682. The quantitative estimate of drug-likeness (QED) is 0.508. The van der Waals surface area contributed by atoms with Crippen LogP contribution in [0.15, 0.2) is 11.6 Å². The van der Waals surface area contributed by atoms with E-state index in [1.54, 1.807) is 0 Å².